The Morgan fingerprint density at radius 2 is 2.04 bits per heavy atom. The van der Waals surface area contributed by atoms with Crippen molar-refractivity contribution in [3.63, 3.8) is 0 Å². The van der Waals surface area contributed by atoms with Crippen molar-refractivity contribution < 1.29 is 0 Å². The highest BCUT2D eigenvalue weighted by atomic mass is 35.5. The molecule has 0 aliphatic carbocycles. The molecule has 0 bridgehead atoms. The van der Waals surface area contributed by atoms with Gasteiger partial charge in [0.25, 0.3) is 5.56 Å². The minimum atomic E-state index is -0.491. The summed E-state index contributed by atoms with van der Waals surface area (Å²) in [6.07, 6.45) is 1.81. The van der Waals surface area contributed by atoms with E-state index in [0.717, 1.165) is 11.4 Å². The molecular formula is C15H12ClN5O2. The molecule has 0 saturated carbocycles. The number of imidazole rings is 2. The lowest BCUT2D eigenvalue weighted by Gasteiger charge is -2.05. The lowest BCUT2D eigenvalue weighted by molar-refractivity contribution is 0.831. The number of H-pyrrole nitrogens is 1. The first-order valence-corrected chi connectivity index (χ1v) is 7.30. The highest BCUT2D eigenvalue weighted by Crippen LogP contribution is 2.22. The highest BCUT2D eigenvalue weighted by Gasteiger charge is 2.18. The molecule has 1 N–H and O–H groups in total. The predicted octanol–water partition coefficient (Wildman–Crippen LogP) is 1.63. The minimum absolute atomic E-state index is 0.338. The van der Waals surface area contributed by atoms with E-state index >= 15 is 0 Å². The number of nitrogens with zero attached hydrogens (tertiary/aromatic N) is 4. The van der Waals surface area contributed by atoms with E-state index < -0.39 is 11.2 Å². The number of aromatic amines is 1. The molecule has 0 atom stereocenters. The second-order valence-electron chi connectivity index (χ2n) is 5.36. The van der Waals surface area contributed by atoms with E-state index in [-0.39, 0.29) is 0 Å². The molecule has 0 amide bonds. The Bertz CT molecular complexity index is 1190. The fourth-order valence-corrected chi connectivity index (χ4v) is 2.99. The molecule has 23 heavy (non-hydrogen) atoms. The number of nitrogens with one attached hydrogen (secondary N) is 1. The molecule has 0 unspecified atom stereocenters. The van der Waals surface area contributed by atoms with Crippen LogP contribution in [0.25, 0.3) is 22.6 Å². The molecule has 7 nitrogen and oxygen atoms in total. The van der Waals surface area contributed by atoms with E-state index in [0.29, 0.717) is 22.0 Å². The van der Waals surface area contributed by atoms with Crippen LogP contribution < -0.4 is 11.2 Å². The van der Waals surface area contributed by atoms with Crippen LogP contribution in [-0.4, -0.2) is 23.5 Å². The van der Waals surface area contributed by atoms with E-state index in [1.165, 1.54) is 4.57 Å². The number of halogens is 1. The number of aromatic nitrogens is 5. The number of rotatable bonds is 1. The summed E-state index contributed by atoms with van der Waals surface area (Å²) in [6.45, 7) is 1.91. The van der Waals surface area contributed by atoms with Gasteiger partial charge >= 0.3 is 5.69 Å². The molecule has 4 aromatic rings. The predicted molar refractivity (Wildman–Crippen MR) is 87.6 cm³/mol. The SMILES string of the molecule is Cc1cn2c3c(=O)[nH]c(=O)n(C)c3nc2n1-c1cccc(Cl)c1. The second-order valence-corrected chi connectivity index (χ2v) is 5.79. The van der Waals surface area contributed by atoms with Crippen molar-refractivity contribution in [1.29, 1.82) is 0 Å². The molecule has 0 saturated heterocycles. The summed E-state index contributed by atoms with van der Waals surface area (Å²) in [6, 6.07) is 7.36. The van der Waals surface area contributed by atoms with Crippen molar-refractivity contribution in [3.8, 4) is 5.69 Å². The zero-order valence-corrected chi connectivity index (χ0v) is 13.1. The van der Waals surface area contributed by atoms with Gasteiger partial charge in [-0.25, -0.2) is 4.79 Å². The summed E-state index contributed by atoms with van der Waals surface area (Å²) in [5, 5.41) is 0.607. The minimum Gasteiger partial charge on any atom is -0.283 e. The summed E-state index contributed by atoms with van der Waals surface area (Å²) in [5.41, 5.74) is 1.45. The Morgan fingerprint density at radius 1 is 1.26 bits per heavy atom. The Hall–Kier alpha value is -2.80. The van der Waals surface area contributed by atoms with E-state index in [2.05, 4.69) is 9.97 Å². The molecule has 3 aromatic heterocycles. The normalized spacial score (nSPS) is 11.6. The topological polar surface area (TPSA) is 77.1 Å². The van der Waals surface area contributed by atoms with Crippen LogP contribution in [0.1, 0.15) is 5.69 Å². The summed E-state index contributed by atoms with van der Waals surface area (Å²) < 4.78 is 4.89. The molecule has 0 spiro atoms. The summed E-state index contributed by atoms with van der Waals surface area (Å²) >= 11 is 6.07. The van der Waals surface area contributed by atoms with Crippen LogP contribution in [0.3, 0.4) is 0 Å². The third-order valence-electron chi connectivity index (χ3n) is 3.87. The third-order valence-corrected chi connectivity index (χ3v) is 4.10. The number of benzene rings is 1. The fourth-order valence-electron chi connectivity index (χ4n) is 2.81. The first kappa shape index (κ1) is 13.8. The van der Waals surface area contributed by atoms with E-state index in [4.69, 9.17) is 11.6 Å². The van der Waals surface area contributed by atoms with Crippen molar-refractivity contribution in [2.75, 3.05) is 0 Å². The Morgan fingerprint density at radius 3 is 2.78 bits per heavy atom. The van der Waals surface area contributed by atoms with Crippen LogP contribution >= 0.6 is 11.6 Å². The summed E-state index contributed by atoms with van der Waals surface area (Å²) in [5.74, 6) is 0.548. The monoisotopic (exact) mass is 329 g/mol. The first-order chi connectivity index (χ1) is 11.0. The van der Waals surface area contributed by atoms with Crippen LogP contribution in [-0.2, 0) is 7.05 Å². The van der Waals surface area contributed by atoms with E-state index in [9.17, 15) is 9.59 Å². The Labute approximate surface area is 134 Å². The van der Waals surface area contributed by atoms with Gasteiger partial charge in [-0.15, -0.1) is 0 Å². The molecule has 116 valence electrons. The Balaban J connectivity index is 2.19. The van der Waals surface area contributed by atoms with Gasteiger partial charge in [0, 0.05) is 24.0 Å². The lowest BCUT2D eigenvalue weighted by Crippen LogP contribution is -2.28. The van der Waals surface area contributed by atoms with Crippen LogP contribution in [0.5, 0.6) is 0 Å². The van der Waals surface area contributed by atoms with Crippen molar-refractivity contribution in [2.45, 2.75) is 6.92 Å². The van der Waals surface area contributed by atoms with Crippen molar-refractivity contribution in [3.05, 3.63) is 62.0 Å². The second kappa shape index (κ2) is 4.60. The maximum Gasteiger partial charge on any atom is 0.329 e. The zero-order valence-electron chi connectivity index (χ0n) is 12.4. The standard InChI is InChI=1S/C15H12ClN5O2/c1-8-7-20-11-12(19(2)15(23)18-13(11)22)17-14(20)21(8)10-5-3-4-9(16)6-10/h3-7H,1-2H3,(H,18,22,23). The molecule has 4 rings (SSSR count). The third kappa shape index (κ3) is 1.86. The van der Waals surface area contributed by atoms with Gasteiger partial charge in [0.2, 0.25) is 5.78 Å². The fraction of sp³-hybridized carbons (Fsp3) is 0.133. The summed E-state index contributed by atoms with van der Waals surface area (Å²) in [7, 11) is 1.57. The molecule has 0 radical (unpaired) electrons. The first-order valence-electron chi connectivity index (χ1n) is 6.93. The van der Waals surface area contributed by atoms with Gasteiger partial charge < -0.3 is 0 Å². The van der Waals surface area contributed by atoms with Crippen LogP contribution in [0.15, 0.2) is 40.1 Å². The van der Waals surface area contributed by atoms with Gasteiger partial charge in [0.15, 0.2) is 11.2 Å². The van der Waals surface area contributed by atoms with Crippen molar-refractivity contribution >= 4 is 28.5 Å². The molecule has 0 aliphatic heterocycles. The molecule has 0 aliphatic rings. The van der Waals surface area contributed by atoms with Crippen molar-refractivity contribution in [2.24, 2.45) is 7.05 Å². The van der Waals surface area contributed by atoms with Gasteiger partial charge in [-0.3, -0.25) is 23.3 Å². The largest absolute Gasteiger partial charge is 0.329 e. The van der Waals surface area contributed by atoms with Gasteiger partial charge in [-0.2, -0.15) is 4.98 Å². The maximum absolute atomic E-state index is 12.2. The molecule has 8 heteroatoms. The number of fused-ring (bicyclic) bond motifs is 3. The van der Waals surface area contributed by atoms with E-state index in [1.807, 2.05) is 35.9 Å². The van der Waals surface area contributed by atoms with Gasteiger partial charge in [-0.1, -0.05) is 17.7 Å². The van der Waals surface area contributed by atoms with E-state index in [1.54, 1.807) is 17.5 Å². The maximum atomic E-state index is 12.2. The van der Waals surface area contributed by atoms with Crippen molar-refractivity contribution in [1.82, 2.24) is 23.5 Å². The Kier molecular flexibility index (Phi) is 2.76. The number of aryl methyl sites for hydroxylation is 2. The molecule has 1 aromatic carbocycles. The van der Waals surface area contributed by atoms with Gasteiger partial charge in [0.05, 0.1) is 5.69 Å². The number of hydrogen-bond acceptors (Lipinski definition) is 3. The van der Waals surface area contributed by atoms with Gasteiger partial charge in [-0.05, 0) is 25.1 Å². The molecule has 3 heterocycles. The quantitative estimate of drug-likeness (QED) is 0.576. The average Bonchev–Trinajstić information content (AvgIpc) is 2.99. The van der Waals surface area contributed by atoms with Crippen LogP contribution in [0.2, 0.25) is 5.02 Å². The van der Waals surface area contributed by atoms with Gasteiger partial charge in [0.1, 0.15) is 0 Å². The molecule has 0 fully saturated rings. The smallest absolute Gasteiger partial charge is 0.283 e. The highest BCUT2D eigenvalue weighted by molar-refractivity contribution is 6.30. The number of hydrogen-bond donors (Lipinski definition) is 1. The average molecular weight is 330 g/mol. The van der Waals surface area contributed by atoms with Crippen LogP contribution in [0, 0.1) is 6.92 Å². The van der Waals surface area contributed by atoms with Crippen LogP contribution in [0.4, 0.5) is 0 Å². The summed E-state index contributed by atoms with van der Waals surface area (Å²) in [4.78, 5) is 30.7. The zero-order chi connectivity index (χ0) is 16.3. The molecular weight excluding hydrogens is 318 g/mol. The lowest BCUT2D eigenvalue weighted by atomic mass is 10.3.